The number of carbonyl (C=O) groups is 2. The van der Waals surface area contributed by atoms with Crippen LogP contribution >= 0.6 is 11.6 Å². The van der Waals surface area contributed by atoms with E-state index in [2.05, 4.69) is 0 Å². The van der Waals surface area contributed by atoms with Crippen LogP contribution in [-0.4, -0.2) is 59.5 Å². The van der Waals surface area contributed by atoms with Gasteiger partial charge in [0.1, 0.15) is 5.75 Å². The van der Waals surface area contributed by atoms with E-state index >= 15 is 0 Å². The number of halogens is 1. The molecule has 160 valence electrons. The van der Waals surface area contributed by atoms with E-state index in [0.717, 1.165) is 31.4 Å². The molecule has 0 bridgehead atoms. The van der Waals surface area contributed by atoms with Gasteiger partial charge in [0.15, 0.2) is 0 Å². The van der Waals surface area contributed by atoms with Crippen molar-refractivity contribution in [1.82, 2.24) is 14.4 Å². The smallest absolute Gasteiger partial charge is 0.257 e. The van der Waals surface area contributed by atoms with Crippen LogP contribution in [0, 0.1) is 5.92 Å². The first-order valence-electron chi connectivity index (χ1n) is 10.7. The number of methoxy groups -OCH3 is 1. The van der Waals surface area contributed by atoms with Gasteiger partial charge in [0.05, 0.1) is 23.4 Å². The molecule has 2 aromatic rings. The Labute approximate surface area is 182 Å². The molecule has 2 fully saturated rings. The summed E-state index contributed by atoms with van der Waals surface area (Å²) in [6, 6.07) is 7.29. The lowest BCUT2D eigenvalue weighted by Crippen LogP contribution is -2.52. The summed E-state index contributed by atoms with van der Waals surface area (Å²) in [6.45, 7) is 2.21. The molecule has 1 saturated carbocycles. The van der Waals surface area contributed by atoms with E-state index in [1.807, 2.05) is 34.0 Å². The number of rotatable bonds is 4. The number of benzene rings is 1. The fourth-order valence-electron chi connectivity index (χ4n) is 4.48. The Balaban J connectivity index is 1.45. The number of aromatic nitrogens is 1. The zero-order valence-corrected chi connectivity index (χ0v) is 18.1. The van der Waals surface area contributed by atoms with Crippen molar-refractivity contribution in [1.29, 1.82) is 0 Å². The van der Waals surface area contributed by atoms with Crippen LogP contribution in [0.25, 0.3) is 5.69 Å². The Kier molecular flexibility index (Phi) is 6.32. The summed E-state index contributed by atoms with van der Waals surface area (Å²) in [4.78, 5) is 29.7. The SMILES string of the molecule is COc1cc(-n2cccc2)c(Cl)cc1C(=O)N1CCN(C(=O)C2CCCCC2)CC1. The third kappa shape index (κ3) is 4.19. The van der Waals surface area contributed by atoms with Crippen LogP contribution in [0.5, 0.6) is 5.75 Å². The first kappa shape index (κ1) is 20.8. The van der Waals surface area contributed by atoms with E-state index in [1.165, 1.54) is 6.42 Å². The molecule has 1 aliphatic heterocycles. The maximum atomic E-state index is 13.2. The minimum Gasteiger partial charge on any atom is -0.496 e. The summed E-state index contributed by atoms with van der Waals surface area (Å²) >= 11 is 6.48. The Morgan fingerprint density at radius 1 is 0.967 bits per heavy atom. The van der Waals surface area contributed by atoms with E-state index in [9.17, 15) is 9.59 Å². The molecule has 1 aromatic carbocycles. The van der Waals surface area contributed by atoms with E-state index in [0.29, 0.717) is 42.5 Å². The van der Waals surface area contributed by atoms with Gasteiger partial charge in [-0.1, -0.05) is 30.9 Å². The molecule has 1 aliphatic carbocycles. The second-order valence-corrected chi connectivity index (χ2v) is 8.45. The Morgan fingerprint density at radius 3 is 2.23 bits per heavy atom. The molecular formula is C23H28ClN3O3. The third-order valence-electron chi connectivity index (χ3n) is 6.21. The maximum Gasteiger partial charge on any atom is 0.257 e. The normalized spacial score (nSPS) is 17.8. The van der Waals surface area contributed by atoms with Crippen LogP contribution in [-0.2, 0) is 4.79 Å². The number of piperazine rings is 1. The predicted octanol–water partition coefficient (Wildman–Crippen LogP) is 4.00. The van der Waals surface area contributed by atoms with Gasteiger partial charge in [0, 0.05) is 50.6 Å². The quantitative estimate of drug-likeness (QED) is 0.738. The number of amides is 2. The number of ether oxygens (including phenoxy) is 1. The van der Waals surface area contributed by atoms with Gasteiger partial charge < -0.3 is 19.1 Å². The van der Waals surface area contributed by atoms with Gasteiger partial charge in [0.25, 0.3) is 5.91 Å². The summed E-state index contributed by atoms with van der Waals surface area (Å²) in [7, 11) is 1.56. The van der Waals surface area contributed by atoms with Crippen molar-refractivity contribution in [3.05, 3.63) is 47.2 Å². The summed E-state index contributed by atoms with van der Waals surface area (Å²) in [6.07, 6.45) is 9.32. The zero-order valence-electron chi connectivity index (χ0n) is 17.3. The molecule has 1 saturated heterocycles. The molecule has 0 radical (unpaired) electrons. The predicted molar refractivity (Wildman–Crippen MR) is 116 cm³/mol. The first-order valence-corrected chi connectivity index (χ1v) is 11.0. The van der Waals surface area contributed by atoms with Gasteiger partial charge in [0.2, 0.25) is 5.91 Å². The Hall–Kier alpha value is -2.47. The van der Waals surface area contributed by atoms with Gasteiger partial charge in [-0.15, -0.1) is 0 Å². The number of nitrogens with zero attached hydrogens (tertiary/aromatic N) is 3. The second kappa shape index (κ2) is 9.13. The topological polar surface area (TPSA) is 54.8 Å². The van der Waals surface area contributed by atoms with Crippen molar-refractivity contribution in [2.24, 2.45) is 5.92 Å². The highest BCUT2D eigenvalue weighted by Gasteiger charge is 2.31. The number of hydrogen-bond acceptors (Lipinski definition) is 3. The van der Waals surface area contributed by atoms with Crippen LogP contribution in [0.15, 0.2) is 36.7 Å². The molecular weight excluding hydrogens is 402 g/mol. The van der Waals surface area contributed by atoms with Gasteiger partial charge >= 0.3 is 0 Å². The molecule has 6 nitrogen and oxygen atoms in total. The molecule has 0 spiro atoms. The highest BCUT2D eigenvalue weighted by molar-refractivity contribution is 6.33. The van der Waals surface area contributed by atoms with E-state index in [1.54, 1.807) is 24.1 Å². The van der Waals surface area contributed by atoms with Crippen LogP contribution in [0.1, 0.15) is 42.5 Å². The molecule has 0 unspecified atom stereocenters. The van der Waals surface area contributed by atoms with Crippen molar-refractivity contribution in [3.8, 4) is 11.4 Å². The standard InChI is InChI=1S/C23H28ClN3O3/c1-30-21-16-20(25-9-5-6-10-25)19(24)15-18(21)23(29)27-13-11-26(12-14-27)22(28)17-7-3-2-4-8-17/h5-6,9-10,15-17H,2-4,7-8,11-14H2,1H3. The fraction of sp³-hybridized carbons (Fsp3) is 0.478. The van der Waals surface area contributed by atoms with E-state index in [-0.39, 0.29) is 17.7 Å². The third-order valence-corrected chi connectivity index (χ3v) is 6.52. The molecule has 0 N–H and O–H groups in total. The number of hydrogen-bond donors (Lipinski definition) is 0. The highest BCUT2D eigenvalue weighted by Crippen LogP contribution is 2.31. The summed E-state index contributed by atoms with van der Waals surface area (Å²) in [5, 5.41) is 0.487. The molecule has 30 heavy (non-hydrogen) atoms. The minimum absolute atomic E-state index is 0.113. The summed E-state index contributed by atoms with van der Waals surface area (Å²) in [5.74, 6) is 0.811. The average Bonchev–Trinajstić information content (AvgIpc) is 3.33. The molecule has 2 aliphatic rings. The minimum atomic E-state index is -0.113. The molecule has 7 heteroatoms. The van der Waals surface area contributed by atoms with Crippen molar-refractivity contribution in [3.63, 3.8) is 0 Å². The second-order valence-electron chi connectivity index (χ2n) is 8.05. The zero-order chi connectivity index (χ0) is 21.1. The van der Waals surface area contributed by atoms with Gasteiger partial charge in [-0.25, -0.2) is 0 Å². The molecule has 0 atom stereocenters. The molecule has 2 amide bonds. The van der Waals surface area contributed by atoms with Gasteiger partial charge in [-0.3, -0.25) is 9.59 Å². The lowest BCUT2D eigenvalue weighted by atomic mass is 9.88. The van der Waals surface area contributed by atoms with Crippen LogP contribution in [0.2, 0.25) is 5.02 Å². The molecule has 4 rings (SSSR count). The fourth-order valence-corrected chi connectivity index (χ4v) is 4.74. The lowest BCUT2D eigenvalue weighted by Gasteiger charge is -2.37. The van der Waals surface area contributed by atoms with Crippen molar-refractivity contribution >= 4 is 23.4 Å². The molecule has 1 aromatic heterocycles. The van der Waals surface area contributed by atoms with Gasteiger partial charge in [-0.05, 0) is 31.0 Å². The first-order chi connectivity index (χ1) is 14.6. The Morgan fingerprint density at radius 2 is 1.60 bits per heavy atom. The van der Waals surface area contributed by atoms with Crippen LogP contribution in [0.3, 0.4) is 0 Å². The van der Waals surface area contributed by atoms with Crippen LogP contribution < -0.4 is 4.74 Å². The monoisotopic (exact) mass is 429 g/mol. The van der Waals surface area contributed by atoms with Crippen molar-refractivity contribution in [2.75, 3.05) is 33.3 Å². The maximum absolute atomic E-state index is 13.2. The Bertz CT molecular complexity index is 899. The van der Waals surface area contributed by atoms with Crippen LogP contribution in [0.4, 0.5) is 0 Å². The average molecular weight is 430 g/mol. The molecule has 2 heterocycles. The van der Waals surface area contributed by atoms with E-state index < -0.39 is 0 Å². The number of carbonyl (C=O) groups excluding carboxylic acids is 2. The highest BCUT2D eigenvalue weighted by atomic mass is 35.5. The van der Waals surface area contributed by atoms with Crippen molar-refractivity contribution < 1.29 is 14.3 Å². The van der Waals surface area contributed by atoms with Gasteiger partial charge in [-0.2, -0.15) is 0 Å². The summed E-state index contributed by atoms with van der Waals surface area (Å²) in [5.41, 5.74) is 1.21. The van der Waals surface area contributed by atoms with Crippen molar-refractivity contribution in [2.45, 2.75) is 32.1 Å². The van der Waals surface area contributed by atoms with E-state index in [4.69, 9.17) is 16.3 Å². The largest absolute Gasteiger partial charge is 0.496 e. The lowest BCUT2D eigenvalue weighted by molar-refractivity contribution is -0.138. The summed E-state index contributed by atoms with van der Waals surface area (Å²) < 4.78 is 7.39.